The van der Waals surface area contributed by atoms with Crippen molar-refractivity contribution in [1.82, 2.24) is 0 Å². The fourth-order valence-corrected chi connectivity index (χ4v) is 0.782. The van der Waals surface area contributed by atoms with Crippen LogP contribution in [0.15, 0.2) is 4.79 Å². The SMILES string of the molecule is CCCCc1c(O)c1=O. The number of unbranched alkanes of at least 4 members (excludes halogenated alkanes) is 1. The molecular weight excluding hydrogens is 116 g/mol. The van der Waals surface area contributed by atoms with E-state index >= 15 is 0 Å². The minimum absolute atomic E-state index is 0.0171. The van der Waals surface area contributed by atoms with Crippen molar-refractivity contribution in [1.29, 1.82) is 0 Å². The standard InChI is InChI=1S/C7H10O2/c1-2-3-4-5-6(8)7(5)9/h8H,2-4H2,1H3. The fourth-order valence-electron chi connectivity index (χ4n) is 0.782. The summed E-state index contributed by atoms with van der Waals surface area (Å²) in [5, 5.41) is 8.65. The van der Waals surface area contributed by atoms with Crippen molar-refractivity contribution in [3.8, 4) is 5.75 Å². The molecule has 2 nitrogen and oxygen atoms in total. The molecule has 0 fully saturated rings. The van der Waals surface area contributed by atoms with Crippen LogP contribution in [0.1, 0.15) is 25.3 Å². The van der Waals surface area contributed by atoms with E-state index in [1.165, 1.54) is 0 Å². The molecule has 0 saturated heterocycles. The minimum Gasteiger partial charge on any atom is -0.504 e. The molecule has 0 saturated carbocycles. The lowest BCUT2D eigenvalue weighted by atomic mass is 10.2. The maximum atomic E-state index is 10.4. The third-order valence-electron chi connectivity index (χ3n) is 1.49. The molecule has 0 aliphatic carbocycles. The molecule has 50 valence electrons. The Morgan fingerprint density at radius 3 is 2.44 bits per heavy atom. The molecule has 0 radical (unpaired) electrons. The van der Waals surface area contributed by atoms with E-state index in [0.29, 0.717) is 5.56 Å². The second kappa shape index (κ2) is 2.21. The van der Waals surface area contributed by atoms with Gasteiger partial charge in [-0.25, -0.2) is 0 Å². The van der Waals surface area contributed by atoms with Gasteiger partial charge in [-0.3, -0.25) is 4.79 Å². The summed E-state index contributed by atoms with van der Waals surface area (Å²) >= 11 is 0. The molecule has 0 spiro atoms. The van der Waals surface area contributed by atoms with Gasteiger partial charge in [0, 0.05) is 5.56 Å². The van der Waals surface area contributed by atoms with Crippen LogP contribution in [0.3, 0.4) is 0 Å². The molecule has 1 aromatic carbocycles. The van der Waals surface area contributed by atoms with Gasteiger partial charge in [0.25, 0.3) is 0 Å². The Bertz CT molecular complexity index is 206. The van der Waals surface area contributed by atoms with E-state index < -0.39 is 0 Å². The van der Waals surface area contributed by atoms with E-state index in [-0.39, 0.29) is 11.2 Å². The zero-order valence-electron chi connectivity index (χ0n) is 5.48. The van der Waals surface area contributed by atoms with Crippen LogP contribution in [-0.4, -0.2) is 5.11 Å². The zero-order valence-corrected chi connectivity index (χ0v) is 5.48. The van der Waals surface area contributed by atoms with E-state index in [0.717, 1.165) is 19.3 Å². The van der Waals surface area contributed by atoms with Gasteiger partial charge in [0.2, 0.25) is 5.43 Å². The first-order valence-electron chi connectivity index (χ1n) is 3.24. The van der Waals surface area contributed by atoms with Crippen molar-refractivity contribution < 1.29 is 5.11 Å². The first-order valence-corrected chi connectivity index (χ1v) is 3.24. The number of hydrogen-bond acceptors (Lipinski definition) is 2. The summed E-state index contributed by atoms with van der Waals surface area (Å²) in [4.78, 5) is 10.4. The van der Waals surface area contributed by atoms with Gasteiger partial charge in [0.05, 0.1) is 0 Å². The number of hydrogen-bond donors (Lipinski definition) is 1. The Kier molecular flexibility index (Phi) is 1.56. The average Bonchev–Trinajstić information content (AvgIpc) is 2.39. The highest BCUT2D eigenvalue weighted by Gasteiger charge is 2.19. The summed E-state index contributed by atoms with van der Waals surface area (Å²) < 4.78 is 0. The molecule has 0 aliphatic heterocycles. The third kappa shape index (κ3) is 1.12. The normalized spacial score (nSPS) is 10.8. The summed E-state index contributed by atoms with van der Waals surface area (Å²) in [5.41, 5.74) is 0.528. The number of rotatable bonds is 3. The van der Waals surface area contributed by atoms with E-state index in [9.17, 15) is 4.79 Å². The maximum Gasteiger partial charge on any atom is 0.227 e. The van der Waals surface area contributed by atoms with Crippen molar-refractivity contribution in [3.05, 3.63) is 15.8 Å². The van der Waals surface area contributed by atoms with Gasteiger partial charge in [-0.2, -0.15) is 0 Å². The van der Waals surface area contributed by atoms with Crippen LogP contribution >= 0.6 is 0 Å². The minimum atomic E-state index is -0.122. The summed E-state index contributed by atoms with van der Waals surface area (Å²) in [6.45, 7) is 2.06. The lowest BCUT2D eigenvalue weighted by Gasteiger charge is -1.83. The van der Waals surface area contributed by atoms with Gasteiger partial charge in [-0.05, 0) is 12.8 Å². The van der Waals surface area contributed by atoms with Gasteiger partial charge in [0.1, 0.15) is 0 Å². The van der Waals surface area contributed by atoms with Crippen molar-refractivity contribution >= 4 is 0 Å². The van der Waals surface area contributed by atoms with Crippen LogP contribution in [0.5, 0.6) is 5.75 Å². The highest BCUT2D eigenvalue weighted by molar-refractivity contribution is 5.44. The summed E-state index contributed by atoms with van der Waals surface area (Å²) in [6.07, 6.45) is 2.84. The molecule has 0 bridgehead atoms. The quantitative estimate of drug-likeness (QED) is 0.655. The molecule has 1 aromatic rings. The van der Waals surface area contributed by atoms with Crippen molar-refractivity contribution in [2.45, 2.75) is 26.2 Å². The Morgan fingerprint density at radius 1 is 1.56 bits per heavy atom. The second-order valence-corrected chi connectivity index (χ2v) is 2.26. The van der Waals surface area contributed by atoms with Crippen LogP contribution < -0.4 is 5.43 Å². The molecular formula is C7H10O2. The van der Waals surface area contributed by atoms with Gasteiger partial charge < -0.3 is 5.11 Å². The molecule has 0 unspecified atom stereocenters. The topological polar surface area (TPSA) is 37.3 Å². The molecule has 2 heteroatoms. The molecule has 9 heavy (non-hydrogen) atoms. The molecule has 1 rings (SSSR count). The van der Waals surface area contributed by atoms with E-state index in [4.69, 9.17) is 5.11 Å². The maximum absolute atomic E-state index is 10.4. The smallest absolute Gasteiger partial charge is 0.227 e. The zero-order chi connectivity index (χ0) is 6.85. The third-order valence-corrected chi connectivity index (χ3v) is 1.49. The molecule has 0 atom stereocenters. The molecule has 0 aromatic heterocycles. The second-order valence-electron chi connectivity index (χ2n) is 2.26. The largest absolute Gasteiger partial charge is 0.504 e. The molecule has 0 heterocycles. The Morgan fingerprint density at radius 2 is 2.11 bits per heavy atom. The van der Waals surface area contributed by atoms with Crippen LogP contribution in [-0.2, 0) is 6.42 Å². The Balaban J connectivity index is 2.33. The van der Waals surface area contributed by atoms with E-state index in [2.05, 4.69) is 6.92 Å². The lowest BCUT2D eigenvalue weighted by molar-refractivity contribution is 0.485. The van der Waals surface area contributed by atoms with Crippen LogP contribution in [0.2, 0.25) is 0 Å². The first kappa shape index (κ1) is 6.33. The average molecular weight is 126 g/mol. The van der Waals surface area contributed by atoms with Gasteiger partial charge in [-0.15, -0.1) is 0 Å². The first-order chi connectivity index (χ1) is 4.27. The van der Waals surface area contributed by atoms with Crippen molar-refractivity contribution in [2.75, 3.05) is 0 Å². The fraction of sp³-hybridized carbons (Fsp3) is 0.571. The van der Waals surface area contributed by atoms with Crippen LogP contribution in [0.25, 0.3) is 0 Å². The Hall–Kier alpha value is -0.790. The van der Waals surface area contributed by atoms with E-state index in [1.807, 2.05) is 0 Å². The van der Waals surface area contributed by atoms with Crippen molar-refractivity contribution in [3.63, 3.8) is 0 Å². The number of aromatic hydroxyl groups is 1. The van der Waals surface area contributed by atoms with Gasteiger partial charge >= 0.3 is 0 Å². The predicted octanol–water partition coefficient (Wildman–Crippen LogP) is 0.971. The van der Waals surface area contributed by atoms with Crippen molar-refractivity contribution in [2.24, 2.45) is 0 Å². The Labute approximate surface area is 53.8 Å². The highest BCUT2D eigenvalue weighted by atomic mass is 16.3. The predicted molar refractivity (Wildman–Crippen MR) is 35.4 cm³/mol. The molecule has 0 amide bonds. The van der Waals surface area contributed by atoms with E-state index in [1.54, 1.807) is 0 Å². The summed E-state index contributed by atoms with van der Waals surface area (Å²) in [7, 11) is 0. The van der Waals surface area contributed by atoms with Gasteiger partial charge in [-0.1, -0.05) is 13.3 Å². The molecule has 1 N–H and O–H groups in total. The molecule has 0 aliphatic rings. The van der Waals surface area contributed by atoms with Gasteiger partial charge in [0.15, 0.2) is 5.75 Å². The lowest BCUT2D eigenvalue weighted by Crippen LogP contribution is -1.81. The van der Waals surface area contributed by atoms with Crippen LogP contribution in [0.4, 0.5) is 0 Å². The summed E-state index contributed by atoms with van der Waals surface area (Å²) in [5.74, 6) is 0.0171. The highest BCUT2D eigenvalue weighted by Crippen LogP contribution is 2.18. The summed E-state index contributed by atoms with van der Waals surface area (Å²) in [6, 6.07) is 0. The van der Waals surface area contributed by atoms with Crippen LogP contribution in [0, 0.1) is 0 Å². The monoisotopic (exact) mass is 126 g/mol.